The number of halogens is 1. The lowest BCUT2D eigenvalue weighted by Crippen LogP contribution is -2.39. The summed E-state index contributed by atoms with van der Waals surface area (Å²) < 4.78 is 25.9. The van der Waals surface area contributed by atoms with E-state index in [4.69, 9.17) is 9.47 Å². The van der Waals surface area contributed by atoms with Gasteiger partial charge in [-0.15, -0.1) is 0 Å². The number of amides is 2. The molecular weight excluding hydrogens is 499 g/mol. The second kappa shape index (κ2) is 11.4. The van der Waals surface area contributed by atoms with Crippen LogP contribution < -0.4 is 14.8 Å². The van der Waals surface area contributed by atoms with Crippen molar-refractivity contribution in [2.24, 2.45) is 5.92 Å². The van der Waals surface area contributed by atoms with Crippen molar-refractivity contribution in [3.8, 4) is 28.4 Å². The molecule has 1 N–H and O–H groups in total. The fraction of sp³-hybridized carbons (Fsp3) is 0.233. The molecule has 8 nitrogen and oxygen atoms in total. The van der Waals surface area contributed by atoms with Crippen LogP contribution in [0.2, 0.25) is 0 Å². The second-order valence-electron chi connectivity index (χ2n) is 9.69. The number of carbonyl (C=O) groups is 2. The first-order chi connectivity index (χ1) is 18.9. The van der Waals surface area contributed by atoms with Gasteiger partial charge in [0.05, 0.1) is 11.4 Å². The molecule has 3 aromatic carbocycles. The summed E-state index contributed by atoms with van der Waals surface area (Å²) in [6, 6.07) is 22.2. The molecule has 4 aromatic rings. The summed E-state index contributed by atoms with van der Waals surface area (Å²) in [5.41, 5.74) is 2.51. The van der Waals surface area contributed by atoms with Crippen molar-refractivity contribution in [2.45, 2.75) is 20.3 Å². The Kier molecular flexibility index (Phi) is 7.58. The third-order valence-electron chi connectivity index (χ3n) is 6.34. The summed E-state index contributed by atoms with van der Waals surface area (Å²) in [6.45, 7) is 4.49. The Bertz CT molecular complexity index is 1470. The van der Waals surface area contributed by atoms with Gasteiger partial charge in [0.1, 0.15) is 18.2 Å². The Morgan fingerprint density at radius 2 is 1.74 bits per heavy atom. The highest BCUT2D eigenvalue weighted by molar-refractivity contribution is 5.99. The number of hydrogen-bond acceptors (Lipinski definition) is 5. The van der Waals surface area contributed by atoms with E-state index >= 15 is 0 Å². The van der Waals surface area contributed by atoms with Gasteiger partial charge in [0.15, 0.2) is 11.5 Å². The fourth-order valence-electron chi connectivity index (χ4n) is 4.23. The smallest absolute Gasteiger partial charge is 0.254 e. The summed E-state index contributed by atoms with van der Waals surface area (Å²) in [7, 11) is 0. The molecule has 0 aliphatic carbocycles. The van der Waals surface area contributed by atoms with E-state index in [1.807, 2.05) is 30.3 Å². The maximum atomic E-state index is 13.6. The average Bonchev–Trinajstić information content (AvgIpc) is 3.58. The van der Waals surface area contributed by atoms with Crippen molar-refractivity contribution in [3.05, 3.63) is 90.2 Å². The van der Waals surface area contributed by atoms with Crippen LogP contribution in [-0.2, 0) is 4.79 Å². The number of rotatable bonds is 9. The molecule has 9 heteroatoms. The molecule has 2 amide bonds. The van der Waals surface area contributed by atoms with Crippen molar-refractivity contribution in [2.75, 3.05) is 25.2 Å². The zero-order valence-electron chi connectivity index (χ0n) is 21.8. The van der Waals surface area contributed by atoms with E-state index in [0.717, 1.165) is 12.0 Å². The molecule has 1 aromatic heterocycles. The Morgan fingerprint density at radius 1 is 1.00 bits per heavy atom. The predicted molar refractivity (Wildman–Crippen MR) is 146 cm³/mol. The molecular formula is C30H29FN4O4. The van der Waals surface area contributed by atoms with Crippen LogP contribution in [0.15, 0.2) is 78.9 Å². The SMILES string of the molecule is CC(C)CCN(CC(=O)Nc1cc(-c2ccccc2)nn1-c1ccc(F)cc1)C(=O)c1ccc2c(c1)OCO2. The van der Waals surface area contributed by atoms with Crippen LogP contribution in [0.3, 0.4) is 0 Å². The number of nitrogens with one attached hydrogen (secondary N) is 1. The minimum absolute atomic E-state index is 0.110. The second-order valence-corrected chi connectivity index (χ2v) is 9.69. The normalized spacial score (nSPS) is 12.0. The standard InChI is InChI=1S/C30H29FN4O4/c1-20(2)14-15-34(30(37)22-8-13-26-27(16-22)39-19-38-26)18-29(36)32-28-17-25(21-6-4-3-5-7-21)33-35(28)24-11-9-23(31)10-12-24/h3-13,16-17,20H,14-15,18-19H2,1-2H3,(H,32,36). The molecule has 0 saturated carbocycles. The Hall–Kier alpha value is -4.66. The molecule has 1 aliphatic heterocycles. The van der Waals surface area contributed by atoms with Crippen LogP contribution >= 0.6 is 0 Å². The lowest BCUT2D eigenvalue weighted by atomic mass is 10.1. The lowest BCUT2D eigenvalue weighted by Gasteiger charge is -2.23. The number of ether oxygens (including phenoxy) is 2. The van der Waals surface area contributed by atoms with Gasteiger partial charge in [-0.05, 0) is 54.8 Å². The third kappa shape index (κ3) is 6.09. The number of aromatic nitrogens is 2. The van der Waals surface area contributed by atoms with Gasteiger partial charge in [-0.3, -0.25) is 9.59 Å². The maximum Gasteiger partial charge on any atom is 0.254 e. The third-order valence-corrected chi connectivity index (χ3v) is 6.34. The van der Waals surface area contributed by atoms with Gasteiger partial charge in [0, 0.05) is 23.7 Å². The minimum Gasteiger partial charge on any atom is -0.454 e. The maximum absolute atomic E-state index is 13.6. The van der Waals surface area contributed by atoms with Crippen LogP contribution in [0.5, 0.6) is 11.5 Å². The number of carbonyl (C=O) groups excluding carboxylic acids is 2. The highest BCUT2D eigenvalue weighted by Gasteiger charge is 2.23. The van der Waals surface area contributed by atoms with Gasteiger partial charge in [-0.25, -0.2) is 9.07 Å². The Balaban J connectivity index is 1.39. The van der Waals surface area contributed by atoms with Gasteiger partial charge in [-0.1, -0.05) is 44.2 Å². The van der Waals surface area contributed by atoms with Crippen LogP contribution in [0, 0.1) is 11.7 Å². The molecule has 0 fully saturated rings. The van der Waals surface area contributed by atoms with Gasteiger partial charge in [-0.2, -0.15) is 5.10 Å². The summed E-state index contributed by atoms with van der Waals surface area (Å²) in [5.74, 6) is 0.810. The van der Waals surface area contributed by atoms with E-state index in [2.05, 4.69) is 24.3 Å². The summed E-state index contributed by atoms with van der Waals surface area (Å²) in [6.07, 6.45) is 0.731. The molecule has 1 aliphatic rings. The number of benzene rings is 3. The largest absolute Gasteiger partial charge is 0.454 e. The Morgan fingerprint density at radius 3 is 2.49 bits per heavy atom. The number of fused-ring (bicyclic) bond motifs is 1. The fourth-order valence-corrected chi connectivity index (χ4v) is 4.23. The molecule has 0 saturated heterocycles. The Labute approximate surface area is 226 Å². The van der Waals surface area contributed by atoms with Gasteiger partial charge < -0.3 is 19.7 Å². The average molecular weight is 529 g/mol. The highest BCUT2D eigenvalue weighted by Crippen LogP contribution is 2.33. The van der Waals surface area contributed by atoms with Gasteiger partial charge >= 0.3 is 0 Å². The van der Waals surface area contributed by atoms with Gasteiger partial charge in [0.25, 0.3) is 5.91 Å². The zero-order chi connectivity index (χ0) is 27.4. The van der Waals surface area contributed by atoms with Crippen molar-refractivity contribution in [1.29, 1.82) is 0 Å². The van der Waals surface area contributed by atoms with E-state index < -0.39 is 0 Å². The quantitative estimate of drug-likeness (QED) is 0.309. The van der Waals surface area contributed by atoms with E-state index in [1.165, 1.54) is 17.0 Å². The molecule has 0 radical (unpaired) electrons. The van der Waals surface area contributed by atoms with E-state index in [1.54, 1.807) is 41.1 Å². The minimum atomic E-state index is -0.379. The van der Waals surface area contributed by atoms with Crippen molar-refractivity contribution >= 4 is 17.6 Å². The predicted octanol–water partition coefficient (Wildman–Crippen LogP) is 5.53. The number of hydrogen-bond donors (Lipinski definition) is 1. The summed E-state index contributed by atoms with van der Waals surface area (Å²) in [5, 5.41) is 7.57. The molecule has 0 bridgehead atoms. The summed E-state index contributed by atoms with van der Waals surface area (Å²) >= 11 is 0. The van der Waals surface area contributed by atoms with Gasteiger partial charge in [0.2, 0.25) is 12.7 Å². The van der Waals surface area contributed by atoms with Crippen molar-refractivity contribution in [1.82, 2.24) is 14.7 Å². The van der Waals surface area contributed by atoms with Crippen molar-refractivity contribution < 1.29 is 23.5 Å². The molecule has 200 valence electrons. The topological polar surface area (TPSA) is 85.7 Å². The van der Waals surface area contributed by atoms with Crippen molar-refractivity contribution in [3.63, 3.8) is 0 Å². The zero-order valence-corrected chi connectivity index (χ0v) is 21.8. The van der Waals surface area contributed by atoms with E-state index in [0.29, 0.717) is 46.7 Å². The van der Waals surface area contributed by atoms with Crippen LogP contribution in [0.4, 0.5) is 10.2 Å². The van der Waals surface area contributed by atoms with Crippen LogP contribution in [-0.4, -0.2) is 46.4 Å². The number of nitrogens with zero attached hydrogens (tertiary/aromatic N) is 3. The molecule has 0 unspecified atom stereocenters. The first kappa shape index (κ1) is 26.0. The molecule has 0 spiro atoms. The number of anilines is 1. The monoisotopic (exact) mass is 528 g/mol. The molecule has 2 heterocycles. The van der Waals surface area contributed by atoms with Crippen LogP contribution in [0.1, 0.15) is 30.6 Å². The lowest BCUT2D eigenvalue weighted by molar-refractivity contribution is -0.117. The van der Waals surface area contributed by atoms with E-state index in [-0.39, 0.29) is 31.0 Å². The molecule has 39 heavy (non-hydrogen) atoms. The highest BCUT2D eigenvalue weighted by atomic mass is 19.1. The first-order valence-corrected chi connectivity index (χ1v) is 12.8. The first-order valence-electron chi connectivity index (χ1n) is 12.8. The molecule has 5 rings (SSSR count). The molecule has 0 atom stereocenters. The summed E-state index contributed by atoms with van der Waals surface area (Å²) in [4.78, 5) is 28.3. The van der Waals surface area contributed by atoms with Crippen LogP contribution in [0.25, 0.3) is 16.9 Å². The van der Waals surface area contributed by atoms with E-state index in [9.17, 15) is 14.0 Å².